The fourth-order valence-corrected chi connectivity index (χ4v) is 1.57. The van der Waals surface area contributed by atoms with Crippen LogP contribution in [0.3, 0.4) is 0 Å². The maximum atomic E-state index is 11.8. The molecular formula is C14H22N2O3. The van der Waals surface area contributed by atoms with Gasteiger partial charge in [0.2, 0.25) is 0 Å². The summed E-state index contributed by atoms with van der Waals surface area (Å²) in [7, 11) is 3.76. The number of benzene rings is 1. The zero-order valence-corrected chi connectivity index (χ0v) is 11.9. The predicted octanol–water partition coefficient (Wildman–Crippen LogP) is 1.65. The van der Waals surface area contributed by atoms with E-state index in [4.69, 9.17) is 10.5 Å². The van der Waals surface area contributed by atoms with Gasteiger partial charge in [-0.2, -0.15) is 0 Å². The minimum Gasteiger partial charge on any atom is -0.462 e. The average molecular weight is 266 g/mol. The number of nitrogens with two attached hydrogens (primary N) is 1. The fraction of sp³-hybridized carbons (Fsp3) is 0.500. The Hall–Kier alpha value is -1.75. The fourth-order valence-electron chi connectivity index (χ4n) is 1.57. The molecule has 106 valence electrons. The molecule has 0 saturated carbocycles. The summed E-state index contributed by atoms with van der Waals surface area (Å²) < 4.78 is 5.09. The third kappa shape index (κ3) is 4.79. The van der Waals surface area contributed by atoms with Gasteiger partial charge in [0.15, 0.2) is 0 Å². The second-order valence-electron chi connectivity index (χ2n) is 5.37. The number of anilines is 2. The number of nitrogen functional groups attached to an aromatic ring is 1. The molecular weight excluding hydrogens is 244 g/mol. The summed E-state index contributed by atoms with van der Waals surface area (Å²) in [6.45, 7) is 3.52. The quantitative estimate of drug-likeness (QED) is 0.626. The van der Waals surface area contributed by atoms with Crippen molar-refractivity contribution in [2.45, 2.75) is 25.9 Å². The second-order valence-corrected chi connectivity index (χ2v) is 5.37. The highest BCUT2D eigenvalue weighted by Gasteiger charge is 2.15. The maximum Gasteiger partial charge on any atom is 0.338 e. The van der Waals surface area contributed by atoms with Gasteiger partial charge in [-0.3, -0.25) is 0 Å². The number of hydrogen-bond acceptors (Lipinski definition) is 5. The standard InChI is InChI=1S/C14H22N2O3/c1-14(2,18)7-8-19-13(17)10-5-6-12(16(3)4)11(15)9-10/h5-6,9,18H,7-8,15H2,1-4H3. The van der Waals surface area contributed by atoms with Gasteiger partial charge in [0.25, 0.3) is 0 Å². The first-order chi connectivity index (χ1) is 8.70. The Balaban J connectivity index is 2.66. The number of hydrogen-bond donors (Lipinski definition) is 2. The Bertz CT molecular complexity index is 450. The van der Waals surface area contributed by atoms with E-state index >= 15 is 0 Å². The van der Waals surface area contributed by atoms with E-state index in [9.17, 15) is 9.90 Å². The van der Waals surface area contributed by atoms with Crippen molar-refractivity contribution in [3.8, 4) is 0 Å². The lowest BCUT2D eigenvalue weighted by atomic mass is 10.1. The van der Waals surface area contributed by atoms with Crippen LogP contribution in [0, 0.1) is 0 Å². The lowest BCUT2D eigenvalue weighted by Crippen LogP contribution is -2.22. The second kappa shape index (κ2) is 5.93. The summed E-state index contributed by atoms with van der Waals surface area (Å²) in [6.07, 6.45) is 0.393. The van der Waals surface area contributed by atoms with Crippen LogP contribution in [0.15, 0.2) is 18.2 Å². The SMILES string of the molecule is CN(C)c1ccc(C(=O)OCCC(C)(C)O)cc1N. The summed E-state index contributed by atoms with van der Waals surface area (Å²) in [6, 6.07) is 5.06. The molecule has 1 aromatic rings. The van der Waals surface area contributed by atoms with Crippen LogP contribution < -0.4 is 10.6 Å². The van der Waals surface area contributed by atoms with Crippen molar-refractivity contribution in [2.75, 3.05) is 31.3 Å². The molecule has 0 fully saturated rings. The smallest absolute Gasteiger partial charge is 0.338 e. The molecule has 0 aliphatic carbocycles. The molecule has 5 nitrogen and oxygen atoms in total. The summed E-state index contributed by atoms with van der Waals surface area (Å²) in [5, 5.41) is 9.53. The number of nitrogens with zero attached hydrogens (tertiary/aromatic N) is 1. The van der Waals surface area contributed by atoms with Gasteiger partial charge in [-0.1, -0.05) is 0 Å². The summed E-state index contributed by atoms with van der Waals surface area (Å²) in [5.41, 5.74) is 6.83. The molecule has 0 spiro atoms. The summed E-state index contributed by atoms with van der Waals surface area (Å²) in [4.78, 5) is 13.7. The van der Waals surface area contributed by atoms with E-state index in [2.05, 4.69) is 0 Å². The van der Waals surface area contributed by atoms with E-state index < -0.39 is 11.6 Å². The normalized spacial score (nSPS) is 11.2. The van der Waals surface area contributed by atoms with E-state index in [1.165, 1.54) is 0 Å². The van der Waals surface area contributed by atoms with Gasteiger partial charge < -0.3 is 20.5 Å². The Kier molecular flexibility index (Phi) is 4.78. The first kappa shape index (κ1) is 15.3. The predicted molar refractivity (Wildman–Crippen MR) is 76.4 cm³/mol. The number of carbonyl (C=O) groups excluding carboxylic acids is 1. The molecule has 0 radical (unpaired) electrons. The molecule has 1 aromatic carbocycles. The number of esters is 1. The van der Waals surface area contributed by atoms with Crippen LogP contribution in [0.25, 0.3) is 0 Å². The van der Waals surface area contributed by atoms with Crippen LogP contribution in [0.2, 0.25) is 0 Å². The van der Waals surface area contributed by atoms with Crippen LogP contribution in [0.1, 0.15) is 30.6 Å². The molecule has 0 atom stereocenters. The van der Waals surface area contributed by atoms with Crippen molar-refractivity contribution in [1.82, 2.24) is 0 Å². The Morgan fingerprint density at radius 3 is 2.53 bits per heavy atom. The van der Waals surface area contributed by atoms with E-state index in [-0.39, 0.29) is 6.61 Å². The van der Waals surface area contributed by atoms with E-state index in [0.29, 0.717) is 17.7 Å². The van der Waals surface area contributed by atoms with Crippen LogP contribution in [-0.2, 0) is 4.74 Å². The molecule has 5 heteroatoms. The van der Waals surface area contributed by atoms with Gasteiger partial charge in [0.05, 0.1) is 29.1 Å². The van der Waals surface area contributed by atoms with Crippen LogP contribution in [-0.4, -0.2) is 37.4 Å². The van der Waals surface area contributed by atoms with Crippen molar-refractivity contribution >= 4 is 17.3 Å². The van der Waals surface area contributed by atoms with Gasteiger partial charge in [-0.25, -0.2) is 4.79 Å². The van der Waals surface area contributed by atoms with E-state index in [1.807, 2.05) is 19.0 Å². The summed E-state index contributed by atoms with van der Waals surface area (Å²) in [5.74, 6) is -0.429. The highest BCUT2D eigenvalue weighted by Crippen LogP contribution is 2.22. The molecule has 0 aromatic heterocycles. The monoisotopic (exact) mass is 266 g/mol. The number of aliphatic hydroxyl groups is 1. The minimum atomic E-state index is -0.839. The van der Waals surface area contributed by atoms with E-state index in [0.717, 1.165) is 5.69 Å². The molecule has 0 unspecified atom stereocenters. The van der Waals surface area contributed by atoms with E-state index in [1.54, 1.807) is 32.0 Å². The summed E-state index contributed by atoms with van der Waals surface area (Å²) >= 11 is 0. The Morgan fingerprint density at radius 1 is 1.42 bits per heavy atom. The Labute approximate surface area is 114 Å². The molecule has 0 amide bonds. The zero-order valence-electron chi connectivity index (χ0n) is 11.9. The highest BCUT2D eigenvalue weighted by molar-refractivity contribution is 5.92. The first-order valence-corrected chi connectivity index (χ1v) is 6.17. The van der Waals surface area contributed by atoms with Crippen molar-refractivity contribution in [1.29, 1.82) is 0 Å². The third-order valence-corrected chi connectivity index (χ3v) is 2.69. The zero-order chi connectivity index (χ0) is 14.6. The van der Waals surface area contributed by atoms with Gasteiger partial charge >= 0.3 is 5.97 Å². The van der Waals surface area contributed by atoms with Crippen LogP contribution in [0.5, 0.6) is 0 Å². The third-order valence-electron chi connectivity index (χ3n) is 2.69. The number of carbonyl (C=O) groups is 1. The van der Waals surface area contributed by atoms with Crippen molar-refractivity contribution in [2.24, 2.45) is 0 Å². The highest BCUT2D eigenvalue weighted by atomic mass is 16.5. The molecule has 1 rings (SSSR count). The molecule has 3 N–H and O–H groups in total. The number of rotatable bonds is 5. The molecule has 0 aliphatic rings. The van der Waals surface area contributed by atoms with Gasteiger partial charge in [0.1, 0.15) is 0 Å². The molecule has 0 aliphatic heterocycles. The van der Waals surface area contributed by atoms with Crippen LogP contribution in [0.4, 0.5) is 11.4 Å². The molecule has 0 heterocycles. The Morgan fingerprint density at radius 2 is 2.05 bits per heavy atom. The largest absolute Gasteiger partial charge is 0.462 e. The van der Waals surface area contributed by atoms with Crippen molar-refractivity contribution < 1.29 is 14.6 Å². The molecule has 0 saturated heterocycles. The number of ether oxygens (including phenoxy) is 1. The lowest BCUT2D eigenvalue weighted by Gasteiger charge is -2.17. The minimum absolute atomic E-state index is 0.178. The maximum absolute atomic E-state index is 11.8. The average Bonchev–Trinajstić information content (AvgIpc) is 2.26. The van der Waals surface area contributed by atoms with Gasteiger partial charge in [0, 0.05) is 20.5 Å². The molecule has 0 bridgehead atoms. The molecule has 19 heavy (non-hydrogen) atoms. The van der Waals surface area contributed by atoms with Crippen molar-refractivity contribution in [3.05, 3.63) is 23.8 Å². The van der Waals surface area contributed by atoms with Gasteiger partial charge in [-0.15, -0.1) is 0 Å². The lowest BCUT2D eigenvalue weighted by molar-refractivity contribution is 0.0244. The van der Waals surface area contributed by atoms with Gasteiger partial charge in [-0.05, 0) is 32.0 Å². The topological polar surface area (TPSA) is 75.8 Å². The van der Waals surface area contributed by atoms with Crippen LogP contribution >= 0.6 is 0 Å². The van der Waals surface area contributed by atoms with Crippen molar-refractivity contribution in [3.63, 3.8) is 0 Å². The first-order valence-electron chi connectivity index (χ1n) is 6.17.